The number of hydrogen-bond acceptors (Lipinski definition) is 7. The number of carbonyl (C=O) groups excluding carboxylic acids is 1. The second-order valence-corrected chi connectivity index (χ2v) is 14.0. The highest BCUT2D eigenvalue weighted by Crippen LogP contribution is 2.49. The molecule has 34 heavy (non-hydrogen) atoms. The summed E-state index contributed by atoms with van der Waals surface area (Å²) in [5.41, 5.74) is 8.58. The SMILES string of the molecule is NC(=O)c1cc(-c2ccc(CCS(=O)(=O)NCCO)s2)cc2c(C3CCS(O)(O)CC3)c[nH]c12. The highest BCUT2D eigenvalue weighted by Gasteiger charge is 2.27. The minimum atomic E-state index is -3.47. The second kappa shape index (κ2) is 9.97. The summed E-state index contributed by atoms with van der Waals surface area (Å²) in [5, 5.41) is 9.70. The number of aliphatic hydroxyl groups excluding tert-OH is 1. The Balaban J connectivity index is 1.63. The van der Waals surface area contributed by atoms with Crippen LogP contribution in [0.2, 0.25) is 0 Å². The molecule has 3 aromatic rings. The Morgan fingerprint density at radius 1 is 1.24 bits per heavy atom. The van der Waals surface area contributed by atoms with E-state index in [2.05, 4.69) is 9.71 Å². The number of rotatable bonds is 9. The summed E-state index contributed by atoms with van der Waals surface area (Å²) >= 11 is 1.46. The lowest BCUT2D eigenvalue weighted by atomic mass is 9.91. The molecule has 1 aliphatic heterocycles. The second-order valence-electron chi connectivity index (χ2n) is 8.49. The van der Waals surface area contributed by atoms with Gasteiger partial charge in [-0.3, -0.25) is 13.9 Å². The average Bonchev–Trinajstić information content (AvgIpc) is 3.43. The topological polar surface area (TPSA) is 166 Å². The third-order valence-electron chi connectivity index (χ3n) is 6.11. The van der Waals surface area contributed by atoms with Crippen LogP contribution in [0.15, 0.2) is 30.5 Å². The number of sulfonamides is 1. The lowest BCUT2D eigenvalue weighted by Gasteiger charge is -2.39. The molecule has 2 aromatic heterocycles. The predicted molar refractivity (Wildman–Crippen MR) is 137 cm³/mol. The van der Waals surface area contributed by atoms with Gasteiger partial charge in [-0.15, -0.1) is 11.3 Å². The van der Waals surface area contributed by atoms with E-state index in [1.807, 2.05) is 24.4 Å². The van der Waals surface area contributed by atoms with Gasteiger partial charge >= 0.3 is 0 Å². The van der Waals surface area contributed by atoms with Crippen LogP contribution in [0.3, 0.4) is 0 Å². The van der Waals surface area contributed by atoms with Gasteiger partial charge in [-0.25, -0.2) is 13.1 Å². The predicted octanol–water partition coefficient (Wildman–Crippen LogP) is 3.08. The molecule has 1 fully saturated rings. The third-order valence-corrected chi connectivity index (χ3v) is 10.5. The van der Waals surface area contributed by atoms with Crippen LogP contribution < -0.4 is 10.5 Å². The molecule has 1 aromatic carbocycles. The van der Waals surface area contributed by atoms with Gasteiger partial charge in [0.15, 0.2) is 0 Å². The molecule has 186 valence electrons. The molecule has 0 unspecified atom stereocenters. The first-order valence-electron chi connectivity index (χ1n) is 10.9. The van der Waals surface area contributed by atoms with Crippen LogP contribution in [0.25, 0.3) is 21.3 Å². The van der Waals surface area contributed by atoms with Gasteiger partial charge < -0.3 is 15.8 Å². The van der Waals surface area contributed by atoms with Crippen LogP contribution in [0.5, 0.6) is 0 Å². The summed E-state index contributed by atoms with van der Waals surface area (Å²) in [6.45, 7) is -0.260. The van der Waals surface area contributed by atoms with Crippen molar-refractivity contribution < 1.29 is 27.4 Å². The maximum absolute atomic E-state index is 12.2. The molecular formula is C22H29N3O6S3. The molecule has 7 N–H and O–H groups in total. The summed E-state index contributed by atoms with van der Waals surface area (Å²) < 4.78 is 46.3. The van der Waals surface area contributed by atoms with E-state index >= 15 is 0 Å². The largest absolute Gasteiger partial charge is 0.395 e. The van der Waals surface area contributed by atoms with Gasteiger partial charge in [-0.1, -0.05) is 0 Å². The van der Waals surface area contributed by atoms with E-state index in [9.17, 15) is 22.3 Å². The average molecular weight is 528 g/mol. The zero-order valence-electron chi connectivity index (χ0n) is 18.5. The standard InChI is InChI=1S/C22H29N3O6S3/c23-22(27)18-12-15(20-2-1-16(32-20)5-10-34(30,31)25-6-7-26)11-17-19(13-24-21(17)18)14-3-8-33(28,29)9-4-14/h1-2,11-14,24-26,28-29H,3-10H2,(H2,23,27). The van der Waals surface area contributed by atoms with Crippen LogP contribution in [-0.4, -0.2) is 63.9 Å². The van der Waals surface area contributed by atoms with Crippen molar-refractivity contribution in [2.45, 2.75) is 25.2 Å². The van der Waals surface area contributed by atoms with Crippen LogP contribution in [-0.2, 0) is 16.4 Å². The first-order valence-corrected chi connectivity index (χ1v) is 15.3. The highest BCUT2D eigenvalue weighted by atomic mass is 32.3. The number of primary amides is 1. The molecule has 3 heterocycles. The van der Waals surface area contributed by atoms with Crippen LogP contribution in [0.1, 0.15) is 39.6 Å². The minimum absolute atomic E-state index is 0.00711. The van der Waals surface area contributed by atoms with Crippen molar-refractivity contribution in [3.63, 3.8) is 0 Å². The summed E-state index contributed by atoms with van der Waals surface area (Å²) in [6, 6.07) is 7.54. The van der Waals surface area contributed by atoms with Crippen molar-refractivity contribution in [3.05, 3.63) is 46.5 Å². The minimum Gasteiger partial charge on any atom is -0.395 e. The fourth-order valence-corrected chi connectivity index (χ4v) is 8.01. The Morgan fingerprint density at radius 3 is 2.65 bits per heavy atom. The van der Waals surface area contributed by atoms with E-state index in [1.165, 1.54) is 11.3 Å². The number of amides is 1. The number of nitrogens with one attached hydrogen (secondary N) is 2. The number of carbonyl (C=O) groups is 1. The Kier molecular flexibility index (Phi) is 7.38. The van der Waals surface area contributed by atoms with Crippen molar-refractivity contribution in [1.29, 1.82) is 0 Å². The third kappa shape index (κ3) is 5.65. The quantitative estimate of drug-likeness (QED) is 0.250. The monoisotopic (exact) mass is 527 g/mol. The fraction of sp³-hybridized carbons (Fsp3) is 0.409. The normalized spacial score (nSPS) is 17.7. The molecule has 4 rings (SSSR count). The van der Waals surface area contributed by atoms with Crippen molar-refractivity contribution in [1.82, 2.24) is 9.71 Å². The van der Waals surface area contributed by atoms with E-state index in [4.69, 9.17) is 10.8 Å². The van der Waals surface area contributed by atoms with Gasteiger partial charge in [-0.2, -0.15) is 10.6 Å². The number of nitrogens with two attached hydrogens (primary N) is 1. The Morgan fingerprint density at radius 2 is 1.97 bits per heavy atom. The lowest BCUT2D eigenvalue weighted by Crippen LogP contribution is -2.29. The zero-order chi connectivity index (χ0) is 24.5. The molecule has 9 nitrogen and oxygen atoms in total. The van der Waals surface area contributed by atoms with Crippen molar-refractivity contribution >= 4 is 48.8 Å². The number of aromatic amines is 1. The van der Waals surface area contributed by atoms with Gasteiger partial charge in [0, 0.05) is 39.4 Å². The number of aliphatic hydroxyl groups is 1. The number of hydrogen-bond donors (Lipinski definition) is 6. The van der Waals surface area contributed by atoms with Gasteiger partial charge in [0.25, 0.3) is 5.91 Å². The van der Waals surface area contributed by atoms with Gasteiger partial charge in [-0.05, 0) is 60.6 Å². The molecule has 0 spiro atoms. The van der Waals surface area contributed by atoms with Crippen molar-refractivity contribution in [2.24, 2.45) is 5.73 Å². The van der Waals surface area contributed by atoms with E-state index in [-0.39, 0.29) is 24.8 Å². The Labute approximate surface area is 203 Å². The van der Waals surface area contributed by atoms with Crippen LogP contribution in [0.4, 0.5) is 0 Å². The van der Waals surface area contributed by atoms with E-state index in [1.54, 1.807) is 6.07 Å². The molecule has 1 aliphatic rings. The van der Waals surface area contributed by atoms with Crippen LogP contribution in [0, 0.1) is 0 Å². The number of aryl methyl sites for hydroxylation is 1. The van der Waals surface area contributed by atoms with Gasteiger partial charge in [0.2, 0.25) is 10.0 Å². The smallest absolute Gasteiger partial charge is 0.250 e. The number of benzene rings is 1. The van der Waals surface area contributed by atoms with Crippen LogP contribution >= 0.6 is 21.9 Å². The van der Waals surface area contributed by atoms with Gasteiger partial charge in [0.1, 0.15) is 0 Å². The first kappa shape index (κ1) is 25.2. The van der Waals surface area contributed by atoms with Crippen molar-refractivity contribution in [3.8, 4) is 10.4 Å². The number of fused-ring (bicyclic) bond motifs is 1. The Hall–Kier alpha value is -1.93. The van der Waals surface area contributed by atoms with Crippen molar-refractivity contribution in [2.75, 3.05) is 30.4 Å². The lowest BCUT2D eigenvalue weighted by molar-refractivity contribution is 0.100. The highest BCUT2D eigenvalue weighted by molar-refractivity contribution is 8.24. The number of H-pyrrole nitrogens is 1. The molecule has 0 aliphatic carbocycles. The number of thiophene rings is 1. The van der Waals surface area contributed by atoms with E-state index < -0.39 is 26.5 Å². The fourth-order valence-electron chi connectivity index (χ4n) is 4.32. The summed E-state index contributed by atoms with van der Waals surface area (Å²) in [6.07, 6.45) is 3.54. The first-order chi connectivity index (χ1) is 16.1. The molecule has 0 radical (unpaired) electrons. The maximum Gasteiger partial charge on any atom is 0.250 e. The zero-order valence-corrected chi connectivity index (χ0v) is 20.9. The molecule has 12 heteroatoms. The summed E-state index contributed by atoms with van der Waals surface area (Å²) in [4.78, 5) is 17.2. The van der Waals surface area contributed by atoms with Gasteiger partial charge in [0.05, 0.1) is 23.4 Å². The summed E-state index contributed by atoms with van der Waals surface area (Å²) in [5.74, 6) is 0.270. The molecule has 0 saturated carbocycles. The summed E-state index contributed by atoms with van der Waals surface area (Å²) in [7, 11) is -5.96. The van der Waals surface area contributed by atoms with E-state index in [0.717, 1.165) is 26.3 Å². The Bertz CT molecular complexity index is 1290. The molecule has 0 bridgehead atoms. The molecule has 1 saturated heterocycles. The number of aromatic nitrogens is 1. The molecule has 0 atom stereocenters. The maximum atomic E-state index is 12.2. The molecule has 1 amide bonds. The van der Waals surface area contributed by atoms with E-state index in [0.29, 0.717) is 41.8 Å². The molecular weight excluding hydrogens is 498 g/mol.